The van der Waals surface area contributed by atoms with Crippen molar-refractivity contribution in [3.8, 4) is 11.5 Å². The van der Waals surface area contributed by atoms with E-state index < -0.39 is 0 Å². The maximum absolute atomic E-state index is 9.43. The van der Waals surface area contributed by atoms with Gasteiger partial charge in [0.25, 0.3) is 0 Å². The van der Waals surface area contributed by atoms with Crippen molar-refractivity contribution in [3.63, 3.8) is 0 Å². The molecule has 1 heterocycles. The molecule has 0 bridgehead atoms. The van der Waals surface area contributed by atoms with Crippen molar-refractivity contribution < 1.29 is 15.3 Å². The molecular formula is C9H8O3S. The number of hydrogen-bond donors (Lipinski definition) is 3. The molecular weight excluding hydrogens is 188 g/mol. The predicted octanol–water partition coefficient (Wildman–Crippen LogP) is 1.80. The van der Waals surface area contributed by atoms with Crippen LogP contribution in [0.5, 0.6) is 11.5 Å². The third kappa shape index (κ3) is 1.15. The molecule has 3 N–H and O–H groups in total. The van der Waals surface area contributed by atoms with Crippen LogP contribution in [0, 0.1) is 0 Å². The van der Waals surface area contributed by atoms with Gasteiger partial charge in [0.15, 0.2) is 0 Å². The Kier molecular flexibility index (Phi) is 1.86. The molecule has 0 fully saturated rings. The molecule has 0 amide bonds. The summed E-state index contributed by atoms with van der Waals surface area (Å²) in [5, 5.41) is 30.3. The fourth-order valence-electron chi connectivity index (χ4n) is 1.33. The minimum atomic E-state index is -0.223. The minimum Gasteiger partial charge on any atom is -0.507 e. The molecule has 2 rings (SSSR count). The lowest BCUT2D eigenvalue weighted by Crippen LogP contribution is -1.84. The van der Waals surface area contributed by atoms with Crippen molar-refractivity contribution >= 4 is 21.4 Å². The molecule has 1 aromatic carbocycles. The van der Waals surface area contributed by atoms with Gasteiger partial charge in [-0.05, 0) is 11.4 Å². The summed E-state index contributed by atoms with van der Waals surface area (Å²) in [7, 11) is 0. The van der Waals surface area contributed by atoms with Crippen LogP contribution in [-0.4, -0.2) is 15.3 Å². The average Bonchev–Trinajstić information content (AvgIpc) is 2.53. The lowest BCUT2D eigenvalue weighted by atomic mass is 10.1. The number of aliphatic hydroxyl groups is 1. The van der Waals surface area contributed by atoms with Gasteiger partial charge < -0.3 is 15.3 Å². The van der Waals surface area contributed by atoms with Crippen molar-refractivity contribution in [2.24, 2.45) is 0 Å². The largest absolute Gasteiger partial charge is 0.507 e. The number of aliphatic hydroxyl groups excluding tert-OH is 1. The number of phenolic OH excluding ortho intramolecular Hbond substituents is 1. The fourth-order valence-corrected chi connectivity index (χ4v) is 2.17. The average molecular weight is 196 g/mol. The Bertz CT molecular complexity index is 447. The molecule has 68 valence electrons. The molecule has 4 heteroatoms. The normalized spacial score (nSPS) is 10.8. The lowest BCUT2D eigenvalue weighted by molar-refractivity contribution is 0.277. The van der Waals surface area contributed by atoms with Gasteiger partial charge in [0, 0.05) is 17.0 Å². The van der Waals surface area contributed by atoms with Crippen molar-refractivity contribution in [2.75, 3.05) is 0 Å². The van der Waals surface area contributed by atoms with E-state index in [1.807, 2.05) is 5.38 Å². The zero-order valence-electron chi connectivity index (χ0n) is 6.69. The summed E-state index contributed by atoms with van der Waals surface area (Å²) in [6.45, 7) is -0.223. The number of aromatic hydroxyl groups is 2. The molecule has 1 aromatic heterocycles. The Morgan fingerprint density at radius 2 is 2.00 bits per heavy atom. The lowest BCUT2D eigenvalue weighted by Gasteiger charge is -2.04. The Labute approximate surface area is 78.5 Å². The Balaban J connectivity index is 2.88. The number of hydrogen-bond acceptors (Lipinski definition) is 4. The highest BCUT2D eigenvalue weighted by atomic mass is 32.1. The van der Waals surface area contributed by atoms with Gasteiger partial charge in [-0.2, -0.15) is 0 Å². The first-order valence-electron chi connectivity index (χ1n) is 3.76. The molecule has 0 saturated carbocycles. The maximum Gasteiger partial charge on any atom is 0.137 e. The monoisotopic (exact) mass is 196 g/mol. The first-order chi connectivity index (χ1) is 6.24. The molecule has 0 aliphatic carbocycles. The highest BCUT2D eigenvalue weighted by molar-refractivity contribution is 7.17. The number of rotatable bonds is 1. The standard InChI is InChI=1S/C9H8O3S/c10-4-6-5-1-2-13-9(5)8(12)3-7(6)11/h1-3,10-12H,4H2. The molecule has 0 saturated heterocycles. The van der Waals surface area contributed by atoms with Gasteiger partial charge in [-0.1, -0.05) is 0 Å². The Morgan fingerprint density at radius 3 is 2.69 bits per heavy atom. The molecule has 0 radical (unpaired) electrons. The Morgan fingerprint density at radius 1 is 1.23 bits per heavy atom. The van der Waals surface area contributed by atoms with Crippen molar-refractivity contribution in [1.29, 1.82) is 0 Å². The fraction of sp³-hybridized carbons (Fsp3) is 0.111. The van der Waals surface area contributed by atoms with Crippen LogP contribution in [0.25, 0.3) is 10.1 Å². The minimum absolute atomic E-state index is 0.0553. The first kappa shape index (κ1) is 8.34. The highest BCUT2D eigenvalue weighted by Crippen LogP contribution is 2.37. The van der Waals surface area contributed by atoms with Gasteiger partial charge in [-0.25, -0.2) is 0 Å². The quantitative estimate of drug-likeness (QED) is 0.651. The van der Waals surface area contributed by atoms with Crippen LogP contribution in [0.2, 0.25) is 0 Å². The maximum atomic E-state index is 9.43. The van der Waals surface area contributed by atoms with E-state index in [1.165, 1.54) is 17.4 Å². The summed E-state index contributed by atoms with van der Waals surface area (Å²) in [6, 6.07) is 3.02. The van der Waals surface area contributed by atoms with Crippen LogP contribution in [0.1, 0.15) is 5.56 Å². The van der Waals surface area contributed by atoms with E-state index in [1.54, 1.807) is 6.07 Å². The summed E-state index contributed by atoms with van der Waals surface area (Å²) in [4.78, 5) is 0. The number of phenols is 2. The summed E-state index contributed by atoms with van der Waals surface area (Å²) < 4.78 is 0.696. The van der Waals surface area contributed by atoms with Crippen molar-refractivity contribution in [3.05, 3.63) is 23.1 Å². The molecule has 3 nitrogen and oxygen atoms in total. The van der Waals surface area contributed by atoms with Gasteiger partial charge >= 0.3 is 0 Å². The van der Waals surface area contributed by atoms with Crippen LogP contribution in [0.15, 0.2) is 17.5 Å². The second-order valence-electron chi connectivity index (χ2n) is 2.71. The van der Waals surface area contributed by atoms with E-state index in [4.69, 9.17) is 5.11 Å². The molecule has 0 spiro atoms. The van der Waals surface area contributed by atoms with Gasteiger partial charge in [0.1, 0.15) is 11.5 Å². The smallest absolute Gasteiger partial charge is 0.137 e. The van der Waals surface area contributed by atoms with Crippen LogP contribution in [0.3, 0.4) is 0 Å². The summed E-state index contributed by atoms with van der Waals surface area (Å²) >= 11 is 1.38. The van der Waals surface area contributed by atoms with Crippen molar-refractivity contribution in [1.82, 2.24) is 0 Å². The highest BCUT2D eigenvalue weighted by Gasteiger charge is 2.10. The van der Waals surface area contributed by atoms with E-state index in [0.717, 1.165) is 0 Å². The van der Waals surface area contributed by atoms with Crippen molar-refractivity contribution in [2.45, 2.75) is 6.61 Å². The summed E-state index contributed by atoms with van der Waals surface area (Å²) in [5.41, 5.74) is 0.467. The third-order valence-corrected chi connectivity index (χ3v) is 2.90. The van der Waals surface area contributed by atoms with Crippen LogP contribution in [-0.2, 0) is 6.61 Å². The topological polar surface area (TPSA) is 60.7 Å². The molecule has 0 atom stereocenters. The van der Waals surface area contributed by atoms with Gasteiger partial charge in [0.2, 0.25) is 0 Å². The second-order valence-corrected chi connectivity index (χ2v) is 3.63. The predicted molar refractivity (Wildman–Crippen MR) is 51.1 cm³/mol. The molecule has 13 heavy (non-hydrogen) atoms. The number of thiophene rings is 1. The van der Waals surface area contributed by atoms with Gasteiger partial charge in [-0.3, -0.25) is 0 Å². The summed E-state index contributed by atoms with van der Waals surface area (Å²) in [5.74, 6) is -0.00870. The SMILES string of the molecule is OCc1c(O)cc(O)c2sccc12. The Hall–Kier alpha value is -1.26. The van der Waals surface area contributed by atoms with E-state index in [2.05, 4.69) is 0 Å². The van der Waals surface area contributed by atoms with E-state index in [9.17, 15) is 10.2 Å². The third-order valence-electron chi connectivity index (χ3n) is 1.96. The van der Waals surface area contributed by atoms with E-state index >= 15 is 0 Å². The van der Waals surface area contributed by atoms with Crippen LogP contribution in [0.4, 0.5) is 0 Å². The zero-order chi connectivity index (χ0) is 9.42. The van der Waals surface area contributed by atoms with E-state index in [-0.39, 0.29) is 18.1 Å². The first-order valence-corrected chi connectivity index (χ1v) is 4.64. The number of benzene rings is 1. The van der Waals surface area contributed by atoms with Crippen LogP contribution >= 0.6 is 11.3 Å². The number of fused-ring (bicyclic) bond motifs is 1. The summed E-state index contributed by atoms with van der Waals surface area (Å²) in [6.07, 6.45) is 0. The second kappa shape index (κ2) is 2.90. The molecule has 0 aliphatic heterocycles. The van der Waals surface area contributed by atoms with Gasteiger partial charge in [0.05, 0.1) is 11.3 Å². The molecule has 2 aromatic rings. The molecule has 0 aliphatic rings. The zero-order valence-corrected chi connectivity index (χ0v) is 7.51. The molecule has 0 unspecified atom stereocenters. The van der Waals surface area contributed by atoms with Crippen LogP contribution < -0.4 is 0 Å². The van der Waals surface area contributed by atoms with E-state index in [0.29, 0.717) is 15.6 Å². The van der Waals surface area contributed by atoms with Gasteiger partial charge in [-0.15, -0.1) is 11.3 Å².